The van der Waals surface area contributed by atoms with Crippen LogP contribution in [-0.4, -0.2) is 6.04 Å². The first-order valence-electron chi connectivity index (χ1n) is 4.56. The van der Waals surface area contributed by atoms with Gasteiger partial charge in [0.2, 0.25) is 6.04 Å². The van der Waals surface area contributed by atoms with E-state index in [0.29, 0.717) is 0 Å². The van der Waals surface area contributed by atoms with E-state index in [1.165, 1.54) is 0 Å². The second kappa shape index (κ2) is 1.30. The van der Waals surface area contributed by atoms with Crippen LogP contribution in [0.3, 0.4) is 0 Å². The fraction of sp³-hybridized carbons (Fsp3) is 0.800. The molecule has 0 aliphatic heterocycles. The van der Waals surface area contributed by atoms with Crippen LogP contribution in [0.2, 0.25) is 0 Å². The Kier molecular flexibility index (Phi) is 0.181. The van der Waals surface area contributed by atoms with Crippen molar-refractivity contribution in [3.63, 3.8) is 0 Å². The van der Waals surface area contributed by atoms with Crippen LogP contribution >= 0.6 is 0 Å². The van der Waals surface area contributed by atoms with Gasteiger partial charge in [0.1, 0.15) is 0 Å². The first kappa shape index (κ1) is 0.838. The molecule has 0 atom stereocenters. The van der Waals surface area contributed by atoms with Crippen molar-refractivity contribution in [3.8, 4) is 0 Å². The predicted octanol–water partition coefficient (Wildman–Crippen LogP) is 1.46. The van der Waals surface area contributed by atoms with E-state index in [1.54, 1.807) is 0 Å². The lowest BCUT2D eigenvalue weighted by atomic mass is 9.94. The maximum Gasteiger partial charge on any atom is 0.223 e. The monoisotopic (exact) mass is 87.1 g/mol. The van der Waals surface area contributed by atoms with Crippen molar-refractivity contribution in [2.75, 3.05) is 0 Å². The van der Waals surface area contributed by atoms with Gasteiger partial charge < -0.3 is 4.85 Å². The van der Waals surface area contributed by atoms with E-state index >= 15 is 0 Å². The minimum absolute atomic E-state index is 1.53. The third-order valence-corrected chi connectivity index (χ3v) is 0.547. The van der Waals surface area contributed by atoms with Gasteiger partial charge in [-0.25, -0.2) is 6.57 Å². The molecule has 1 rings (SSSR count). The summed E-state index contributed by atoms with van der Waals surface area (Å²) in [6.07, 6.45) is -7.31. The summed E-state index contributed by atoms with van der Waals surface area (Å²) in [6.45, 7) is 6.53. The van der Waals surface area contributed by atoms with Gasteiger partial charge in [-0.15, -0.1) is 0 Å². The fourth-order valence-electron chi connectivity index (χ4n) is 0.201. The third kappa shape index (κ3) is 0.386. The molecule has 0 unspecified atom stereocenters. The predicted molar refractivity (Wildman–Crippen MR) is 24.2 cm³/mol. The molecule has 1 heteroatoms. The van der Waals surface area contributed by atoms with Crippen molar-refractivity contribution in [2.24, 2.45) is 0 Å². The standard InChI is InChI=1S/C5H7N/c1-6-5-3-2-4-5/h5H,2-4H2/i2D2,3D2,4D2. The van der Waals surface area contributed by atoms with E-state index in [9.17, 15) is 0 Å². The lowest BCUT2D eigenvalue weighted by Gasteiger charge is -2.11. The molecule has 0 radical (unpaired) electrons. The maximum atomic E-state index is 7.12. The quantitative estimate of drug-likeness (QED) is 0.394. The van der Waals surface area contributed by atoms with Crippen LogP contribution in [-0.2, 0) is 0 Å². The van der Waals surface area contributed by atoms with Crippen molar-refractivity contribution in [2.45, 2.75) is 25.2 Å². The zero-order valence-corrected chi connectivity index (χ0v) is 3.02. The van der Waals surface area contributed by atoms with Crippen molar-refractivity contribution in [3.05, 3.63) is 11.4 Å². The Labute approximate surface area is 46.2 Å². The van der Waals surface area contributed by atoms with Crippen LogP contribution in [0.15, 0.2) is 0 Å². The molecule has 6 heavy (non-hydrogen) atoms. The van der Waals surface area contributed by atoms with Crippen LogP contribution in [0, 0.1) is 6.57 Å². The van der Waals surface area contributed by atoms with E-state index in [-0.39, 0.29) is 0 Å². The second-order valence-corrected chi connectivity index (χ2v) is 0.945. The summed E-state index contributed by atoms with van der Waals surface area (Å²) in [5, 5.41) is 0. The summed E-state index contributed by atoms with van der Waals surface area (Å²) in [5.41, 5.74) is 0. The van der Waals surface area contributed by atoms with E-state index in [0.717, 1.165) is 0 Å². The molecule has 1 aliphatic carbocycles. The van der Waals surface area contributed by atoms with Gasteiger partial charge in [-0.3, -0.25) is 0 Å². The maximum absolute atomic E-state index is 7.12. The van der Waals surface area contributed by atoms with Gasteiger partial charge in [0.25, 0.3) is 0 Å². The Bertz CT molecular complexity index is 233. The molecule has 0 aromatic heterocycles. The Morgan fingerprint density at radius 1 is 1.83 bits per heavy atom. The summed E-state index contributed by atoms with van der Waals surface area (Å²) in [7, 11) is 0. The summed E-state index contributed by atoms with van der Waals surface area (Å²) < 4.78 is 42.6. The van der Waals surface area contributed by atoms with Gasteiger partial charge in [-0.05, 0) is 6.37 Å². The van der Waals surface area contributed by atoms with Gasteiger partial charge >= 0.3 is 0 Å². The third-order valence-electron chi connectivity index (χ3n) is 0.547. The molecule has 0 N–H and O–H groups in total. The minimum Gasteiger partial charge on any atom is -0.314 e. The van der Waals surface area contributed by atoms with Crippen LogP contribution in [0.1, 0.15) is 27.3 Å². The topological polar surface area (TPSA) is 4.36 Å². The summed E-state index contributed by atoms with van der Waals surface area (Å²) in [4.78, 5) is 2.75. The number of rotatable bonds is 0. The molecule has 1 fully saturated rings. The average Bonchev–Trinajstić information content (AvgIpc) is 1.86. The molecule has 0 aromatic carbocycles. The minimum atomic E-state index is -2.56. The molecular formula is C5H7N. The molecule has 0 bridgehead atoms. The van der Waals surface area contributed by atoms with Crippen molar-refractivity contribution >= 4 is 0 Å². The van der Waals surface area contributed by atoms with E-state index < -0.39 is 25.2 Å². The van der Waals surface area contributed by atoms with E-state index in [2.05, 4.69) is 4.85 Å². The molecule has 1 aliphatic rings. The normalized spacial score (nSPS) is 61.8. The van der Waals surface area contributed by atoms with Gasteiger partial charge in [0, 0.05) is 21.0 Å². The molecule has 32 valence electrons. The molecule has 1 saturated carbocycles. The van der Waals surface area contributed by atoms with Gasteiger partial charge in [0.15, 0.2) is 0 Å². The lowest BCUT2D eigenvalue weighted by molar-refractivity contribution is 0.469. The Hall–Kier alpha value is -0.510. The van der Waals surface area contributed by atoms with E-state index in [4.69, 9.17) is 14.8 Å². The fourth-order valence-corrected chi connectivity index (χ4v) is 0.201. The highest BCUT2D eigenvalue weighted by Crippen LogP contribution is 2.21. The van der Waals surface area contributed by atoms with Crippen molar-refractivity contribution in [1.82, 2.24) is 0 Å². The highest BCUT2D eigenvalue weighted by atomic mass is 14.7. The van der Waals surface area contributed by atoms with Crippen molar-refractivity contribution < 1.29 is 8.22 Å². The summed E-state index contributed by atoms with van der Waals surface area (Å²) in [5.74, 6) is 0. The molecule has 1 nitrogen and oxygen atoms in total. The lowest BCUT2D eigenvalue weighted by Crippen LogP contribution is -2.11. The zero-order valence-electron chi connectivity index (χ0n) is 9.02. The smallest absolute Gasteiger partial charge is 0.223 e. The highest BCUT2D eigenvalue weighted by Gasteiger charge is 2.20. The van der Waals surface area contributed by atoms with Gasteiger partial charge in [0.05, 0.1) is 0 Å². The Balaban J connectivity index is 3.08. The van der Waals surface area contributed by atoms with Crippen LogP contribution in [0.25, 0.3) is 4.85 Å². The van der Waals surface area contributed by atoms with Crippen LogP contribution in [0.5, 0.6) is 0 Å². The van der Waals surface area contributed by atoms with Crippen LogP contribution < -0.4 is 0 Å². The molecule has 0 aromatic rings. The molecule has 0 spiro atoms. The van der Waals surface area contributed by atoms with E-state index in [1.807, 2.05) is 0 Å². The zero-order chi connectivity index (χ0) is 9.78. The average molecular weight is 87.2 g/mol. The summed E-state index contributed by atoms with van der Waals surface area (Å²) in [6, 6.07) is -1.53. The Morgan fingerprint density at radius 3 is 2.83 bits per heavy atom. The van der Waals surface area contributed by atoms with Crippen LogP contribution in [0.4, 0.5) is 0 Å². The first-order chi connectivity index (χ1) is 5.19. The molecular weight excluding hydrogens is 74.1 g/mol. The molecule has 0 saturated heterocycles. The first-order valence-corrected chi connectivity index (χ1v) is 1.56. The number of nitrogens with zero attached hydrogens (tertiary/aromatic N) is 1. The molecule has 0 heterocycles. The summed E-state index contributed by atoms with van der Waals surface area (Å²) >= 11 is 0. The van der Waals surface area contributed by atoms with Crippen molar-refractivity contribution in [1.29, 1.82) is 0 Å². The SMILES string of the molecule is [2H]C1([2H])C([N+]#[C-])C([2H])([2H])C1([2H])[2H]. The number of hydrogen-bond donors (Lipinski definition) is 0. The largest absolute Gasteiger partial charge is 0.314 e. The highest BCUT2D eigenvalue weighted by molar-refractivity contribution is 4.85. The van der Waals surface area contributed by atoms with Gasteiger partial charge in [-0.1, -0.05) is 0 Å². The van der Waals surface area contributed by atoms with Gasteiger partial charge in [-0.2, -0.15) is 0 Å². The Morgan fingerprint density at radius 2 is 2.50 bits per heavy atom. The number of hydrogen-bond acceptors (Lipinski definition) is 0. The second-order valence-electron chi connectivity index (χ2n) is 0.945. The molecule has 0 amide bonds.